The molecular formula is C10H9FN2O3. The summed E-state index contributed by atoms with van der Waals surface area (Å²) in [4.78, 5) is 23.5. The molecule has 5 nitrogen and oxygen atoms in total. The van der Waals surface area contributed by atoms with Gasteiger partial charge in [-0.3, -0.25) is 10.1 Å². The summed E-state index contributed by atoms with van der Waals surface area (Å²) in [6, 6.07) is 3.10. The van der Waals surface area contributed by atoms with Crippen LogP contribution in [-0.4, -0.2) is 11.0 Å². The summed E-state index contributed by atoms with van der Waals surface area (Å²) < 4.78 is 13.4. The fourth-order valence-electron chi connectivity index (χ4n) is 1.27. The molecule has 0 amide bonds. The Kier molecular flexibility index (Phi) is 3.15. The van der Waals surface area contributed by atoms with Gasteiger partial charge in [-0.2, -0.15) is 4.99 Å². The second kappa shape index (κ2) is 4.20. The lowest BCUT2D eigenvalue weighted by atomic mass is 9.94. The third-order valence-electron chi connectivity index (χ3n) is 2.15. The van der Waals surface area contributed by atoms with E-state index in [0.29, 0.717) is 0 Å². The standard InChI is InChI=1S/C10H9FN2O3/c1-10(2,12-6-14)8-5-7(13(15)16)3-4-9(8)11/h3-5H,1-2H3. The molecule has 0 heterocycles. The fraction of sp³-hybridized carbons (Fsp3) is 0.300. The number of carbonyl (C=O) groups excluding carboxylic acids is 1. The number of nitrogens with zero attached hydrogens (tertiary/aromatic N) is 2. The van der Waals surface area contributed by atoms with Gasteiger partial charge in [-0.05, 0) is 19.9 Å². The van der Waals surface area contributed by atoms with Crippen molar-refractivity contribution in [2.75, 3.05) is 0 Å². The van der Waals surface area contributed by atoms with Gasteiger partial charge in [-0.25, -0.2) is 9.18 Å². The van der Waals surface area contributed by atoms with Crippen LogP contribution in [0.15, 0.2) is 23.2 Å². The van der Waals surface area contributed by atoms with Gasteiger partial charge >= 0.3 is 0 Å². The molecule has 6 heteroatoms. The van der Waals surface area contributed by atoms with Gasteiger partial charge in [-0.15, -0.1) is 0 Å². The molecule has 1 aromatic carbocycles. The van der Waals surface area contributed by atoms with E-state index in [1.54, 1.807) is 0 Å². The number of hydrogen-bond acceptors (Lipinski definition) is 4. The minimum atomic E-state index is -1.17. The molecule has 84 valence electrons. The highest BCUT2D eigenvalue weighted by Gasteiger charge is 2.25. The molecule has 16 heavy (non-hydrogen) atoms. The van der Waals surface area contributed by atoms with E-state index < -0.39 is 16.3 Å². The van der Waals surface area contributed by atoms with E-state index in [1.807, 2.05) is 0 Å². The van der Waals surface area contributed by atoms with E-state index >= 15 is 0 Å². The van der Waals surface area contributed by atoms with E-state index in [2.05, 4.69) is 4.99 Å². The smallest absolute Gasteiger partial charge is 0.258 e. The van der Waals surface area contributed by atoms with Gasteiger partial charge < -0.3 is 0 Å². The van der Waals surface area contributed by atoms with Crippen LogP contribution in [0, 0.1) is 15.9 Å². The second-order valence-corrected chi connectivity index (χ2v) is 3.68. The Balaban J connectivity index is 3.37. The molecule has 0 saturated heterocycles. The first-order chi connectivity index (χ1) is 7.38. The molecular weight excluding hydrogens is 215 g/mol. The lowest BCUT2D eigenvalue weighted by molar-refractivity contribution is -0.385. The highest BCUT2D eigenvalue weighted by molar-refractivity contribution is 5.42. The highest BCUT2D eigenvalue weighted by atomic mass is 19.1. The van der Waals surface area contributed by atoms with Crippen molar-refractivity contribution < 1.29 is 14.1 Å². The van der Waals surface area contributed by atoms with Gasteiger partial charge in [0.1, 0.15) is 5.82 Å². The molecule has 0 aliphatic rings. The van der Waals surface area contributed by atoms with Crippen molar-refractivity contribution >= 4 is 11.8 Å². The maximum atomic E-state index is 13.4. The van der Waals surface area contributed by atoms with Crippen LogP contribution in [0.2, 0.25) is 0 Å². The molecule has 0 aromatic heterocycles. The Morgan fingerprint density at radius 2 is 2.12 bits per heavy atom. The molecule has 0 N–H and O–H groups in total. The largest absolute Gasteiger partial charge is 0.270 e. The third-order valence-corrected chi connectivity index (χ3v) is 2.15. The van der Waals surface area contributed by atoms with E-state index in [-0.39, 0.29) is 11.3 Å². The summed E-state index contributed by atoms with van der Waals surface area (Å²) in [5, 5.41) is 10.5. The minimum Gasteiger partial charge on any atom is -0.258 e. The Morgan fingerprint density at radius 1 is 1.50 bits per heavy atom. The quantitative estimate of drug-likeness (QED) is 0.342. The van der Waals surface area contributed by atoms with Crippen molar-refractivity contribution in [1.82, 2.24) is 0 Å². The normalized spacial score (nSPS) is 10.7. The topological polar surface area (TPSA) is 72.6 Å². The van der Waals surface area contributed by atoms with Crippen molar-refractivity contribution in [1.29, 1.82) is 0 Å². The molecule has 1 aromatic rings. The van der Waals surface area contributed by atoms with Crippen molar-refractivity contribution in [2.24, 2.45) is 4.99 Å². The molecule has 0 bridgehead atoms. The summed E-state index contributed by atoms with van der Waals surface area (Å²) in [5.41, 5.74) is -1.42. The number of benzene rings is 1. The van der Waals surface area contributed by atoms with Gasteiger partial charge in [0.05, 0.1) is 10.5 Å². The zero-order chi connectivity index (χ0) is 12.3. The minimum absolute atomic E-state index is 0.00921. The van der Waals surface area contributed by atoms with E-state index in [0.717, 1.165) is 18.2 Å². The zero-order valence-electron chi connectivity index (χ0n) is 8.73. The molecule has 0 unspecified atom stereocenters. The molecule has 0 atom stereocenters. The average Bonchev–Trinajstić information content (AvgIpc) is 2.17. The first-order valence-corrected chi connectivity index (χ1v) is 4.42. The number of halogens is 1. The van der Waals surface area contributed by atoms with Gasteiger partial charge in [0, 0.05) is 17.7 Å². The first-order valence-electron chi connectivity index (χ1n) is 4.42. The summed E-state index contributed by atoms with van der Waals surface area (Å²) in [6.07, 6.45) is 1.32. The van der Waals surface area contributed by atoms with Crippen LogP contribution >= 0.6 is 0 Å². The predicted octanol–water partition coefficient (Wildman–Crippen LogP) is 2.30. The van der Waals surface area contributed by atoms with Crippen LogP contribution in [0.3, 0.4) is 0 Å². The maximum absolute atomic E-state index is 13.4. The van der Waals surface area contributed by atoms with Crippen molar-refractivity contribution in [3.05, 3.63) is 39.7 Å². The van der Waals surface area contributed by atoms with Crippen LogP contribution in [0.1, 0.15) is 19.4 Å². The summed E-state index contributed by atoms with van der Waals surface area (Å²) >= 11 is 0. The Bertz CT molecular complexity index is 479. The van der Waals surface area contributed by atoms with Gasteiger partial charge in [-0.1, -0.05) is 0 Å². The second-order valence-electron chi connectivity index (χ2n) is 3.68. The van der Waals surface area contributed by atoms with E-state index in [4.69, 9.17) is 0 Å². The number of nitro benzene ring substituents is 1. The highest BCUT2D eigenvalue weighted by Crippen LogP contribution is 2.29. The van der Waals surface area contributed by atoms with Crippen LogP contribution in [0.4, 0.5) is 10.1 Å². The van der Waals surface area contributed by atoms with Crippen molar-refractivity contribution in [3.63, 3.8) is 0 Å². The zero-order valence-corrected chi connectivity index (χ0v) is 8.73. The molecule has 0 fully saturated rings. The van der Waals surface area contributed by atoms with Crippen molar-refractivity contribution in [3.8, 4) is 0 Å². The molecule has 0 radical (unpaired) electrons. The summed E-state index contributed by atoms with van der Waals surface area (Å²) in [7, 11) is 0. The van der Waals surface area contributed by atoms with Crippen LogP contribution in [0.5, 0.6) is 0 Å². The predicted molar refractivity (Wildman–Crippen MR) is 54.2 cm³/mol. The third kappa shape index (κ3) is 2.29. The molecule has 1 rings (SSSR count). The first kappa shape index (κ1) is 12.0. The Hall–Kier alpha value is -2.07. The van der Waals surface area contributed by atoms with E-state index in [1.165, 1.54) is 19.9 Å². The molecule has 0 spiro atoms. The van der Waals surface area contributed by atoms with Gasteiger partial charge in [0.2, 0.25) is 6.08 Å². The summed E-state index contributed by atoms with van der Waals surface area (Å²) in [6.45, 7) is 2.94. The molecule has 0 aliphatic carbocycles. The fourth-order valence-corrected chi connectivity index (χ4v) is 1.27. The summed E-state index contributed by atoms with van der Waals surface area (Å²) in [5.74, 6) is -0.644. The number of hydrogen-bond donors (Lipinski definition) is 0. The lowest BCUT2D eigenvalue weighted by Gasteiger charge is -2.18. The van der Waals surface area contributed by atoms with Crippen molar-refractivity contribution in [2.45, 2.75) is 19.4 Å². The van der Waals surface area contributed by atoms with Gasteiger partial charge in [0.15, 0.2) is 0 Å². The number of non-ortho nitro benzene ring substituents is 1. The average molecular weight is 224 g/mol. The van der Waals surface area contributed by atoms with Crippen LogP contribution in [-0.2, 0) is 10.3 Å². The molecule has 0 saturated carbocycles. The number of rotatable bonds is 3. The van der Waals surface area contributed by atoms with Gasteiger partial charge in [0.25, 0.3) is 5.69 Å². The Labute approximate surface area is 90.8 Å². The van der Waals surface area contributed by atoms with Crippen LogP contribution in [0.25, 0.3) is 0 Å². The maximum Gasteiger partial charge on any atom is 0.270 e. The number of nitro groups is 1. The number of isocyanates is 1. The van der Waals surface area contributed by atoms with Crippen LogP contribution < -0.4 is 0 Å². The SMILES string of the molecule is CC(C)(N=C=O)c1cc([N+](=O)[O-])ccc1F. The number of aliphatic imine (C=N–C) groups is 1. The molecule has 0 aliphatic heterocycles. The monoisotopic (exact) mass is 224 g/mol. The van der Waals surface area contributed by atoms with E-state index in [9.17, 15) is 19.3 Å². The lowest BCUT2D eigenvalue weighted by Crippen LogP contribution is -2.16. The Morgan fingerprint density at radius 3 is 2.62 bits per heavy atom.